The maximum atomic E-state index is 11.8. The molecule has 3 N–H and O–H groups in total. The molecule has 2 rings (SSSR count). The summed E-state index contributed by atoms with van der Waals surface area (Å²) in [5.74, 6) is 0.00474. The van der Waals surface area contributed by atoms with Gasteiger partial charge in [0.05, 0.1) is 0 Å². The molecule has 0 unspecified atom stereocenters. The molecule has 0 fully saturated rings. The first-order chi connectivity index (χ1) is 10.1. The number of hydrogen-bond acceptors (Lipinski definition) is 3. The van der Waals surface area contributed by atoms with Crippen molar-refractivity contribution in [3.8, 4) is 0 Å². The Bertz CT molecular complexity index is 564. The quantitative estimate of drug-likeness (QED) is 0.710. The van der Waals surface area contributed by atoms with Crippen molar-refractivity contribution in [2.24, 2.45) is 0 Å². The predicted octanol–water partition coefficient (Wildman–Crippen LogP) is 1.92. The van der Waals surface area contributed by atoms with E-state index in [4.69, 9.17) is 10.2 Å². The first-order valence-electron chi connectivity index (χ1n) is 6.91. The molecule has 0 saturated carbocycles. The van der Waals surface area contributed by atoms with E-state index in [9.17, 15) is 4.79 Å². The number of amides is 1. The van der Waals surface area contributed by atoms with Crippen LogP contribution < -0.4 is 5.32 Å². The second kappa shape index (κ2) is 7.57. The fourth-order valence-corrected chi connectivity index (χ4v) is 2.00. The fourth-order valence-electron chi connectivity index (χ4n) is 2.00. The van der Waals surface area contributed by atoms with Gasteiger partial charge in [0.1, 0.15) is 0 Å². The maximum Gasteiger partial charge on any atom is 0.220 e. The highest BCUT2D eigenvalue weighted by Gasteiger charge is 2.04. The third-order valence-corrected chi connectivity index (χ3v) is 3.25. The maximum absolute atomic E-state index is 11.8. The zero-order chi connectivity index (χ0) is 15.1. The van der Waals surface area contributed by atoms with Crippen molar-refractivity contribution in [1.82, 2.24) is 5.32 Å². The second-order valence-corrected chi connectivity index (χ2v) is 4.88. The Kier molecular flexibility index (Phi) is 5.49. The molecule has 2 aromatic rings. The smallest absolute Gasteiger partial charge is 0.220 e. The summed E-state index contributed by atoms with van der Waals surface area (Å²) >= 11 is 0. The third-order valence-electron chi connectivity index (χ3n) is 3.25. The van der Waals surface area contributed by atoms with Crippen molar-refractivity contribution in [3.63, 3.8) is 0 Å². The van der Waals surface area contributed by atoms with Gasteiger partial charge in [0, 0.05) is 18.5 Å². The molecule has 4 heteroatoms. The summed E-state index contributed by atoms with van der Waals surface area (Å²) < 4.78 is 0. The molecule has 110 valence electrons. The van der Waals surface area contributed by atoms with Crippen LogP contribution in [-0.4, -0.2) is 16.1 Å². The number of nitrogens with one attached hydrogen (secondary N) is 1. The van der Waals surface area contributed by atoms with E-state index >= 15 is 0 Å². The summed E-state index contributed by atoms with van der Waals surface area (Å²) in [6.07, 6.45) is -0.413. The highest BCUT2D eigenvalue weighted by atomic mass is 16.5. The van der Waals surface area contributed by atoms with Gasteiger partial charge in [0.15, 0.2) is 6.29 Å². The van der Waals surface area contributed by atoms with E-state index in [1.165, 1.54) is 0 Å². The Morgan fingerprint density at radius 2 is 1.62 bits per heavy atom. The van der Waals surface area contributed by atoms with Gasteiger partial charge in [0.2, 0.25) is 5.91 Å². The van der Waals surface area contributed by atoms with Crippen molar-refractivity contribution in [3.05, 3.63) is 71.3 Å². The molecule has 0 aliphatic rings. The Balaban J connectivity index is 1.76. The Morgan fingerprint density at radius 3 is 2.24 bits per heavy atom. The van der Waals surface area contributed by atoms with Gasteiger partial charge >= 0.3 is 0 Å². The molecule has 1 amide bonds. The number of carbonyl (C=O) groups is 1. The molecular weight excluding hydrogens is 266 g/mol. The molecule has 0 heterocycles. The molecule has 0 atom stereocenters. The highest BCUT2D eigenvalue weighted by Crippen LogP contribution is 2.12. The lowest BCUT2D eigenvalue weighted by molar-refractivity contribution is -0.121. The summed E-state index contributed by atoms with van der Waals surface area (Å²) in [6, 6.07) is 16.7. The molecule has 2 aromatic carbocycles. The molecule has 0 spiro atoms. The number of aryl methyl sites for hydroxylation is 1. The van der Waals surface area contributed by atoms with E-state index in [1.807, 2.05) is 30.3 Å². The minimum atomic E-state index is -1.45. The van der Waals surface area contributed by atoms with E-state index in [0.717, 1.165) is 11.1 Å². The van der Waals surface area contributed by atoms with Crippen LogP contribution in [0, 0.1) is 0 Å². The first-order valence-corrected chi connectivity index (χ1v) is 6.91. The van der Waals surface area contributed by atoms with Gasteiger partial charge in [-0.05, 0) is 17.5 Å². The molecule has 0 saturated heterocycles. The number of aliphatic hydroxyl groups excluding tert-OH is 1. The molecule has 21 heavy (non-hydrogen) atoms. The van der Waals surface area contributed by atoms with E-state index in [-0.39, 0.29) is 5.91 Å². The van der Waals surface area contributed by atoms with Crippen molar-refractivity contribution >= 4 is 5.91 Å². The third kappa shape index (κ3) is 5.02. The SMILES string of the molecule is O=C(CCc1ccc(C(O)O)cc1)NCc1ccccc1. The van der Waals surface area contributed by atoms with Crippen LogP contribution in [0.1, 0.15) is 29.4 Å². The average molecular weight is 285 g/mol. The summed E-state index contributed by atoms with van der Waals surface area (Å²) in [4.78, 5) is 11.8. The number of hydrogen-bond donors (Lipinski definition) is 3. The van der Waals surface area contributed by atoms with Crippen LogP contribution >= 0.6 is 0 Å². The van der Waals surface area contributed by atoms with Crippen LogP contribution in [0.2, 0.25) is 0 Å². The number of rotatable bonds is 6. The van der Waals surface area contributed by atoms with Gasteiger partial charge in [-0.3, -0.25) is 4.79 Å². The predicted molar refractivity (Wildman–Crippen MR) is 80.2 cm³/mol. The molecule has 0 aliphatic heterocycles. The number of carbonyl (C=O) groups excluding carboxylic acids is 1. The van der Waals surface area contributed by atoms with E-state index in [0.29, 0.717) is 24.9 Å². The Hall–Kier alpha value is -2.17. The fraction of sp³-hybridized carbons (Fsp3) is 0.235. The normalized spacial score (nSPS) is 10.6. The minimum Gasteiger partial charge on any atom is -0.364 e. The van der Waals surface area contributed by atoms with Gasteiger partial charge in [0.25, 0.3) is 0 Å². The molecule has 0 aromatic heterocycles. The van der Waals surface area contributed by atoms with Gasteiger partial charge in [-0.2, -0.15) is 0 Å². The van der Waals surface area contributed by atoms with Crippen LogP contribution in [0.15, 0.2) is 54.6 Å². The van der Waals surface area contributed by atoms with E-state index < -0.39 is 6.29 Å². The zero-order valence-electron chi connectivity index (χ0n) is 11.7. The lowest BCUT2D eigenvalue weighted by Gasteiger charge is -2.07. The Labute approximate surface area is 124 Å². The van der Waals surface area contributed by atoms with Crippen LogP contribution in [-0.2, 0) is 17.8 Å². The lowest BCUT2D eigenvalue weighted by Crippen LogP contribution is -2.22. The first kappa shape index (κ1) is 15.2. The zero-order valence-corrected chi connectivity index (χ0v) is 11.7. The van der Waals surface area contributed by atoms with Crippen LogP contribution in [0.5, 0.6) is 0 Å². The van der Waals surface area contributed by atoms with E-state index in [2.05, 4.69) is 5.32 Å². The van der Waals surface area contributed by atoms with Crippen LogP contribution in [0.4, 0.5) is 0 Å². The Morgan fingerprint density at radius 1 is 0.952 bits per heavy atom. The van der Waals surface area contributed by atoms with Crippen molar-refractivity contribution in [1.29, 1.82) is 0 Å². The minimum absolute atomic E-state index is 0.00474. The van der Waals surface area contributed by atoms with Crippen LogP contribution in [0.3, 0.4) is 0 Å². The van der Waals surface area contributed by atoms with Crippen molar-refractivity contribution < 1.29 is 15.0 Å². The second-order valence-electron chi connectivity index (χ2n) is 4.88. The molecule has 4 nitrogen and oxygen atoms in total. The van der Waals surface area contributed by atoms with E-state index in [1.54, 1.807) is 24.3 Å². The highest BCUT2D eigenvalue weighted by molar-refractivity contribution is 5.76. The summed E-state index contributed by atoms with van der Waals surface area (Å²) in [5.41, 5.74) is 2.52. The van der Waals surface area contributed by atoms with Gasteiger partial charge < -0.3 is 15.5 Å². The van der Waals surface area contributed by atoms with Crippen molar-refractivity contribution in [2.75, 3.05) is 0 Å². The summed E-state index contributed by atoms with van der Waals surface area (Å²) in [7, 11) is 0. The summed E-state index contributed by atoms with van der Waals surface area (Å²) in [6.45, 7) is 0.537. The molecule has 0 bridgehead atoms. The largest absolute Gasteiger partial charge is 0.364 e. The molecular formula is C17H19NO3. The topological polar surface area (TPSA) is 69.6 Å². The summed E-state index contributed by atoms with van der Waals surface area (Å²) in [5, 5.41) is 20.9. The number of aliphatic hydroxyl groups is 2. The lowest BCUT2D eigenvalue weighted by atomic mass is 10.1. The van der Waals surface area contributed by atoms with Gasteiger partial charge in [-0.15, -0.1) is 0 Å². The molecule has 0 radical (unpaired) electrons. The van der Waals surface area contributed by atoms with Crippen LogP contribution in [0.25, 0.3) is 0 Å². The standard InChI is InChI=1S/C17H19NO3/c19-16(18-12-14-4-2-1-3-5-14)11-8-13-6-9-15(10-7-13)17(20)21/h1-7,9-10,17,20-21H,8,11-12H2,(H,18,19). The molecule has 0 aliphatic carbocycles. The van der Waals surface area contributed by atoms with Crippen molar-refractivity contribution in [2.45, 2.75) is 25.7 Å². The van der Waals surface area contributed by atoms with Gasteiger partial charge in [-0.25, -0.2) is 0 Å². The average Bonchev–Trinajstić information content (AvgIpc) is 2.52. The van der Waals surface area contributed by atoms with Gasteiger partial charge in [-0.1, -0.05) is 54.6 Å². The monoisotopic (exact) mass is 285 g/mol. The number of benzene rings is 2.